The van der Waals surface area contributed by atoms with Crippen molar-refractivity contribution in [3.05, 3.63) is 17.0 Å². The predicted molar refractivity (Wildman–Crippen MR) is 89.4 cm³/mol. The minimum atomic E-state index is 0. The molecule has 6 heteroatoms. The van der Waals surface area contributed by atoms with Crippen LogP contribution in [0.5, 0.6) is 0 Å². The summed E-state index contributed by atoms with van der Waals surface area (Å²) in [4.78, 5) is 14.9. The third-order valence-electron chi connectivity index (χ3n) is 4.93. The topological polar surface area (TPSA) is 61.0 Å². The Morgan fingerprint density at radius 2 is 2.27 bits per heavy atom. The zero-order valence-electron chi connectivity index (χ0n) is 13.6. The van der Waals surface area contributed by atoms with Gasteiger partial charge in [0.05, 0.1) is 0 Å². The van der Waals surface area contributed by atoms with Gasteiger partial charge in [0.25, 0.3) is 5.91 Å². The van der Waals surface area contributed by atoms with Gasteiger partial charge in [-0.15, -0.1) is 12.4 Å². The maximum atomic E-state index is 12.8. The molecule has 124 valence electrons. The standard InChI is InChI=1S/C16H26N4O.ClH/c1-3-6-16(2)7-4-9-20(11-16)15(21)14-12-10-17-8-5-13(12)18-19-14;/h17H,3-11H2,1-2H3,(H,18,19);1H. The highest BCUT2D eigenvalue weighted by Gasteiger charge is 2.34. The van der Waals surface area contributed by atoms with E-state index < -0.39 is 0 Å². The van der Waals surface area contributed by atoms with Gasteiger partial charge in [-0.25, -0.2) is 0 Å². The normalized spacial score (nSPS) is 24.5. The van der Waals surface area contributed by atoms with E-state index in [-0.39, 0.29) is 23.7 Å². The number of nitrogens with zero attached hydrogens (tertiary/aromatic N) is 2. The fraction of sp³-hybridized carbons (Fsp3) is 0.750. The van der Waals surface area contributed by atoms with Gasteiger partial charge in [0.15, 0.2) is 5.69 Å². The average Bonchev–Trinajstić information content (AvgIpc) is 2.90. The molecular formula is C16H27ClN4O. The van der Waals surface area contributed by atoms with Crippen LogP contribution >= 0.6 is 12.4 Å². The number of H-pyrrole nitrogens is 1. The van der Waals surface area contributed by atoms with Crippen molar-refractivity contribution in [1.29, 1.82) is 0 Å². The number of piperidine rings is 1. The number of nitrogens with one attached hydrogen (secondary N) is 2. The minimum absolute atomic E-state index is 0. The van der Waals surface area contributed by atoms with Gasteiger partial charge in [0.2, 0.25) is 0 Å². The molecule has 2 aliphatic rings. The quantitative estimate of drug-likeness (QED) is 0.897. The molecule has 22 heavy (non-hydrogen) atoms. The maximum Gasteiger partial charge on any atom is 0.274 e. The SMILES string of the molecule is CCCC1(C)CCCN(C(=O)c2n[nH]c3c2CNCC3)C1.Cl. The van der Waals surface area contributed by atoms with Crippen LogP contribution in [0.4, 0.5) is 0 Å². The molecule has 1 saturated heterocycles. The number of aromatic nitrogens is 2. The molecule has 0 radical (unpaired) electrons. The number of rotatable bonds is 3. The first-order chi connectivity index (χ1) is 10.1. The maximum absolute atomic E-state index is 12.8. The van der Waals surface area contributed by atoms with Crippen molar-refractivity contribution in [1.82, 2.24) is 20.4 Å². The molecule has 1 atom stereocenters. The lowest BCUT2D eigenvalue weighted by atomic mass is 9.78. The minimum Gasteiger partial charge on any atom is -0.337 e. The largest absolute Gasteiger partial charge is 0.337 e. The van der Waals surface area contributed by atoms with Crippen molar-refractivity contribution in [2.24, 2.45) is 5.41 Å². The van der Waals surface area contributed by atoms with Crippen LogP contribution in [-0.2, 0) is 13.0 Å². The Hall–Kier alpha value is -1.07. The van der Waals surface area contributed by atoms with E-state index in [4.69, 9.17) is 0 Å². The molecule has 2 N–H and O–H groups in total. The molecule has 1 fully saturated rings. The number of halogens is 1. The lowest BCUT2D eigenvalue weighted by Crippen LogP contribution is -2.45. The highest BCUT2D eigenvalue weighted by Crippen LogP contribution is 2.34. The predicted octanol–water partition coefficient (Wildman–Crippen LogP) is 2.52. The number of hydrogen-bond donors (Lipinski definition) is 2. The van der Waals surface area contributed by atoms with E-state index in [0.29, 0.717) is 5.69 Å². The molecule has 0 saturated carbocycles. The fourth-order valence-corrected chi connectivity index (χ4v) is 3.85. The number of carbonyl (C=O) groups is 1. The summed E-state index contributed by atoms with van der Waals surface area (Å²) in [7, 11) is 0. The van der Waals surface area contributed by atoms with Gasteiger partial charge >= 0.3 is 0 Å². The van der Waals surface area contributed by atoms with E-state index in [9.17, 15) is 4.79 Å². The van der Waals surface area contributed by atoms with Crippen molar-refractivity contribution >= 4 is 18.3 Å². The van der Waals surface area contributed by atoms with Crippen molar-refractivity contribution in [2.45, 2.75) is 52.5 Å². The second-order valence-electron chi connectivity index (χ2n) is 6.85. The van der Waals surface area contributed by atoms with Crippen molar-refractivity contribution in [3.63, 3.8) is 0 Å². The Bertz CT molecular complexity index is 526. The summed E-state index contributed by atoms with van der Waals surface area (Å²) >= 11 is 0. The fourth-order valence-electron chi connectivity index (χ4n) is 3.85. The van der Waals surface area contributed by atoms with E-state index in [1.165, 1.54) is 19.3 Å². The summed E-state index contributed by atoms with van der Waals surface area (Å²) < 4.78 is 0. The second kappa shape index (κ2) is 7.01. The lowest BCUT2D eigenvalue weighted by Gasteiger charge is -2.40. The number of amides is 1. The molecule has 1 aromatic rings. The molecule has 5 nitrogen and oxygen atoms in total. The third kappa shape index (κ3) is 3.30. The monoisotopic (exact) mass is 326 g/mol. The highest BCUT2D eigenvalue weighted by atomic mass is 35.5. The first-order valence-corrected chi connectivity index (χ1v) is 8.19. The van der Waals surface area contributed by atoms with Gasteiger partial charge < -0.3 is 10.2 Å². The van der Waals surface area contributed by atoms with E-state index in [1.807, 2.05) is 4.90 Å². The van der Waals surface area contributed by atoms with Crippen LogP contribution in [0.2, 0.25) is 0 Å². The molecule has 3 rings (SSSR count). The summed E-state index contributed by atoms with van der Waals surface area (Å²) in [5.74, 6) is 0.109. The number of fused-ring (bicyclic) bond motifs is 1. The van der Waals surface area contributed by atoms with E-state index >= 15 is 0 Å². The second-order valence-corrected chi connectivity index (χ2v) is 6.85. The summed E-state index contributed by atoms with van der Waals surface area (Å²) in [6.45, 7) is 8.00. The molecule has 0 bridgehead atoms. The summed E-state index contributed by atoms with van der Waals surface area (Å²) in [5.41, 5.74) is 3.12. The molecular weight excluding hydrogens is 300 g/mol. The molecule has 0 spiro atoms. The smallest absolute Gasteiger partial charge is 0.274 e. The van der Waals surface area contributed by atoms with Gasteiger partial charge in [-0.2, -0.15) is 5.10 Å². The zero-order valence-corrected chi connectivity index (χ0v) is 14.4. The summed E-state index contributed by atoms with van der Waals surface area (Å²) in [6.07, 6.45) is 5.64. The van der Waals surface area contributed by atoms with Gasteiger partial charge in [0, 0.05) is 43.9 Å². The first kappa shape index (κ1) is 17.3. The van der Waals surface area contributed by atoms with Crippen molar-refractivity contribution in [3.8, 4) is 0 Å². The molecule has 1 amide bonds. The molecule has 1 aromatic heterocycles. The third-order valence-corrected chi connectivity index (χ3v) is 4.93. The Balaban J connectivity index is 0.00000176. The number of likely N-dealkylation sites (tertiary alicyclic amines) is 1. The van der Waals surface area contributed by atoms with Gasteiger partial charge in [-0.3, -0.25) is 9.89 Å². The van der Waals surface area contributed by atoms with Crippen LogP contribution in [0, 0.1) is 5.41 Å². The lowest BCUT2D eigenvalue weighted by molar-refractivity contribution is 0.0523. The van der Waals surface area contributed by atoms with Crippen LogP contribution in [0.25, 0.3) is 0 Å². The number of hydrogen-bond acceptors (Lipinski definition) is 3. The Labute approximate surface area is 138 Å². The molecule has 1 unspecified atom stereocenters. The van der Waals surface area contributed by atoms with Crippen LogP contribution in [0.15, 0.2) is 0 Å². The van der Waals surface area contributed by atoms with Crippen LogP contribution in [0.3, 0.4) is 0 Å². The van der Waals surface area contributed by atoms with Crippen LogP contribution < -0.4 is 5.32 Å². The van der Waals surface area contributed by atoms with Gasteiger partial charge in [0.1, 0.15) is 0 Å². The number of aromatic amines is 1. The van der Waals surface area contributed by atoms with Crippen molar-refractivity contribution < 1.29 is 4.79 Å². The highest BCUT2D eigenvalue weighted by molar-refractivity contribution is 5.94. The molecule has 0 aromatic carbocycles. The van der Waals surface area contributed by atoms with Crippen LogP contribution in [-0.4, -0.2) is 40.6 Å². The molecule has 2 aliphatic heterocycles. The van der Waals surface area contributed by atoms with Gasteiger partial charge in [-0.1, -0.05) is 20.3 Å². The zero-order chi connectivity index (χ0) is 14.9. The Morgan fingerprint density at radius 3 is 3.05 bits per heavy atom. The van der Waals surface area contributed by atoms with E-state index in [2.05, 4.69) is 29.4 Å². The first-order valence-electron chi connectivity index (χ1n) is 8.19. The summed E-state index contributed by atoms with van der Waals surface area (Å²) in [6, 6.07) is 0. The Morgan fingerprint density at radius 1 is 1.45 bits per heavy atom. The number of carbonyl (C=O) groups excluding carboxylic acids is 1. The molecule has 0 aliphatic carbocycles. The van der Waals surface area contributed by atoms with Crippen molar-refractivity contribution in [2.75, 3.05) is 19.6 Å². The van der Waals surface area contributed by atoms with E-state index in [1.54, 1.807) is 0 Å². The average molecular weight is 327 g/mol. The Kier molecular flexibility index (Phi) is 5.50. The summed E-state index contributed by atoms with van der Waals surface area (Å²) in [5, 5.41) is 10.7. The van der Waals surface area contributed by atoms with Crippen LogP contribution in [0.1, 0.15) is 61.3 Å². The van der Waals surface area contributed by atoms with Gasteiger partial charge in [-0.05, 0) is 24.7 Å². The van der Waals surface area contributed by atoms with E-state index in [0.717, 1.165) is 50.3 Å². The molecule has 3 heterocycles.